The zero-order valence-corrected chi connectivity index (χ0v) is 18.3. The second-order valence-electron chi connectivity index (χ2n) is 6.62. The van der Waals surface area contributed by atoms with Gasteiger partial charge in [0.1, 0.15) is 5.82 Å². The van der Waals surface area contributed by atoms with Crippen molar-refractivity contribution in [2.45, 2.75) is 13.8 Å². The molecule has 0 amide bonds. The number of pyridine rings is 1. The van der Waals surface area contributed by atoms with Crippen LogP contribution in [0.1, 0.15) is 25.0 Å². The molecule has 0 aliphatic rings. The molecule has 1 aromatic heterocycles. The predicted molar refractivity (Wildman–Crippen MR) is 124 cm³/mol. The molecule has 7 heteroatoms. The van der Waals surface area contributed by atoms with Gasteiger partial charge in [-0.25, -0.2) is 4.39 Å². The highest BCUT2D eigenvalue weighted by Gasteiger charge is 2.15. The highest BCUT2D eigenvalue weighted by Crippen LogP contribution is 2.38. The fourth-order valence-corrected chi connectivity index (χ4v) is 3.13. The number of nitrogens with one attached hydrogen (secondary N) is 1. The number of benzene rings is 2. The topological polar surface area (TPSA) is 55.7 Å². The zero-order chi connectivity index (χ0) is 22.4. The van der Waals surface area contributed by atoms with Crippen LogP contribution in [-0.4, -0.2) is 24.4 Å². The van der Waals surface area contributed by atoms with E-state index in [1.807, 2.05) is 32.0 Å². The van der Waals surface area contributed by atoms with Gasteiger partial charge in [0.2, 0.25) is 0 Å². The number of aromatic nitrogens is 1. The second-order valence-corrected chi connectivity index (χ2v) is 7.03. The summed E-state index contributed by atoms with van der Waals surface area (Å²) >= 11 is 5.91. The van der Waals surface area contributed by atoms with Crippen LogP contribution in [-0.2, 0) is 0 Å². The molecule has 3 aromatic rings. The van der Waals surface area contributed by atoms with Gasteiger partial charge in [-0.1, -0.05) is 24.2 Å². The van der Waals surface area contributed by atoms with Gasteiger partial charge in [0.05, 0.1) is 24.4 Å². The summed E-state index contributed by atoms with van der Waals surface area (Å²) in [7, 11) is 1.58. The maximum absolute atomic E-state index is 13.5. The lowest BCUT2D eigenvalue weighted by Gasteiger charge is -2.17. The van der Waals surface area contributed by atoms with E-state index >= 15 is 0 Å². The largest absolute Gasteiger partial charge is 0.493 e. The lowest BCUT2D eigenvalue weighted by molar-refractivity contribution is 0.311. The van der Waals surface area contributed by atoms with Crippen molar-refractivity contribution in [2.75, 3.05) is 19.0 Å². The van der Waals surface area contributed by atoms with Crippen LogP contribution >= 0.6 is 11.6 Å². The molecule has 0 saturated heterocycles. The van der Waals surface area contributed by atoms with Crippen molar-refractivity contribution in [2.24, 2.45) is 4.99 Å². The number of rotatable bonds is 8. The molecule has 0 saturated carbocycles. The molecule has 0 fully saturated rings. The molecule has 0 bridgehead atoms. The summed E-state index contributed by atoms with van der Waals surface area (Å²) in [6.45, 7) is 8.41. The minimum absolute atomic E-state index is 0.0215. The molecular formula is C24H23ClFN3O2. The second kappa shape index (κ2) is 10.1. The summed E-state index contributed by atoms with van der Waals surface area (Å²) in [6, 6.07) is 11.8. The van der Waals surface area contributed by atoms with Gasteiger partial charge in [-0.2, -0.15) is 0 Å². The van der Waals surface area contributed by atoms with E-state index in [2.05, 4.69) is 16.9 Å². The molecule has 5 nitrogen and oxygen atoms in total. The van der Waals surface area contributed by atoms with Crippen molar-refractivity contribution >= 4 is 34.4 Å². The van der Waals surface area contributed by atoms with Crippen LogP contribution in [0.25, 0.3) is 5.70 Å². The molecular weight excluding hydrogens is 417 g/mol. The molecule has 0 spiro atoms. The average Bonchev–Trinajstić information content (AvgIpc) is 2.77. The Morgan fingerprint density at radius 2 is 2.03 bits per heavy atom. The van der Waals surface area contributed by atoms with Gasteiger partial charge in [-0.05, 0) is 44.2 Å². The SMILES string of the molecule is C=C(Nc1ccc(F)c(Cl)c1)c1cc(OCC)c(OC)cc1N=C(C)c1cccnc1. The monoisotopic (exact) mass is 439 g/mol. The van der Waals surface area contributed by atoms with E-state index in [1.165, 1.54) is 12.1 Å². The smallest absolute Gasteiger partial charge is 0.162 e. The molecule has 2 aromatic carbocycles. The number of halogens is 2. The zero-order valence-electron chi connectivity index (χ0n) is 17.6. The maximum atomic E-state index is 13.5. The standard InChI is InChI=1S/C24H23ClFN3O2/c1-5-31-24-12-19(16(3)28-18-8-9-21(26)20(25)11-18)22(13-23(24)30-4)29-15(2)17-7-6-10-27-14-17/h6-14,28H,3,5H2,1-2,4H3. The fourth-order valence-electron chi connectivity index (χ4n) is 2.95. The van der Waals surface area contributed by atoms with Crippen LogP contribution < -0.4 is 14.8 Å². The first kappa shape index (κ1) is 22.3. The Bertz CT molecular complexity index is 1120. The average molecular weight is 440 g/mol. The molecule has 160 valence electrons. The molecule has 0 radical (unpaired) electrons. The lowest BCUT2D eigenvalue weighted by atomic mass is 10.1. The summed E-state index contributed by atoms with van der Waals surface area (Å²) < 4.78 is 24.7. The molecule has 1 heterocycles. The molecule has 0 unspecified atom stereocenters. The van der Waals surface area contributed by atoms with Crippen LogP contribution in [0.4, 0.5) is 15.8 Å². The Balaban J connectivity index is 2.06. The first-order valence-electron chi connectivity index (χ1n) is 9.64. The fraction of sp³-hybridized carbons (Fsp3) is 0.167. The number of methoxy groups -OCH3 is 1. The quantitative estimate of drug-likeness (QED) is 0.407. The minimum atomic E-state index is -0.488. The van der Waals surface area contributed by atoms with Crippen LogP contribution in [0, 0.1) is 5.82 Å². The molecule has 0 aliphatic heterocycles. The summed E-state index contributed by atoms with van der Waals surface area (Å²) in [6.07, 6.45) is 3.46. The number of hydrogen-bond donors (Lipinski definition) is 1. The molecule has 0 atom stereocenters. The van der Waals surface area contributed by atoms with E-state index in [4.69, 9.17) is 26.1 Å². The Labute approximate surface area is 186 Å². The van der Waals surface area contributed by atoms with Crippen molar-refractivity contribution in [1.82, 2.24) is 4.98 Å². The van der Waals surface area contributed by atoms with Crippen LogP contribution in [0.2, 0.25) is 5.02 Å². The Kier molecular flexibility index (Phi) is 7.26. The van der Waals surface area contributed by atoms with Crippen molar-refractivity contribution in [3.05, 3.63) is 83.4 Å². The molecule has 31 heavy (non-hydrogen) atoms. The van der Waals surface area contributed by atoms with E-state index < -0.39 is 5.82 Å². The van der Waals surface area contributed by atoms with E-state index in [0.717, 1.165) is 11.3 Å². The van der Waals surface area contributed by atoms with Crippen molar-refractivity contribution in [3.63, 3.8) is 0 Å². The normalized spacial score (nSPS) is 11.2. The number of nitrogens with zero attached hydrogens (tertiary/aromatic N) is 2. The third-order valence-electron chi connectivity index (χ3n) is 4.49. The van der Waals surface area contributed by atoms with Crippen molar-refractivity contribution in [1.29, 1.82) is 0 Å². The van der Waals surface area contributed by atoms with E-state index in [9.17, 15) is 4.39 Å². The van der Waals surface area contributed by atoms with Crippen molar-refractivity contribution in [3.8, 4) is 11.5 Å². The van der Waals surface area contributed by atoms with Gasteiger partial charge in [0, 0.05) is 46.7 Å². The first-order valence-corrected chi connectivity index (χ1v) is 10.0. The van der Waals surface area contributed by atoms with E-state index in [0.29, 0.717) is 40.7 Å². The van der Waals surface area contributed by atoms with E-state index in [1.54, 1.807) is 31.6 Å². The van der Waals surface area contributed by atoms with Crippen LogP contribution in [0.15, 0.2) is 66.4 Å². The number of ether oxygens (including phenoxy) is 2. The minimum Gasteiger partial charge on any atom is -0.493 e. The Morgan fingerprint density at radius 1 is 1.23 bits per heavy atom. The summed E-state index contributed by atoms with van der Waals surface area (Å²) in [5, 5.41) is 3.18. The Morgan fingerprint density at radius 3 is 2.68 bits per heavy atom. The van der Waals surface area contributed by atoms with Gasteiger partial charge in [0.25, 0.3) is 0 Å². The molecule has 3 rings (SSSR count). The van der Waals surface area contributed by atoms with Crippen molar-refractivity contribution < 1.29 is 13.9 Å². The maximum Gasteiger partial charge on any atom is 0.162 e. The number of hydrogen-bond acceptors (Lipinski definition) is 5. The first-order chi connectivity index (χ1) is 14.9. The lowest BCUT2D eigenvalue weighted by Crippen LogP contribution is -2.02. The summed E-state index contributed by atoms with van der Waals surface area (Å²) in [5.74, 6) is 0.636. The molecule has 0 aliphatic carbocycles. The van der Waals surface area contributed by atoms with E-state index in [-0.39, 0.29) is 5.02 Å². The van der Waals surface area contributed by atoms with Gasteiger partial charge in [-0.15, -0.1) is 0 Å². The van der Waals surface area contributed by atoms with Gasteiger partial charge in [-0.3, -0.25) is 9.98 Å². The number of anilines is 1. The van der Waals surface area contributed by atoms with Crippen LogP contribution in [0.3, 0.4) is 0 Å². The van der Waals surface area contributed by atoms with Gasteiger partial charge < -0.3 is 14.8 Å². The summed E-state index contributed by atoms with van der Waals surface area (Å²) in [5.41, 5.74) is 4.15. The predicted octanol–water partition coefficient (Wildman–Crippen LogP) is 6.50. The number of aliphatic imine (C=N–C) groups is 1. The van der Waals surface area contributed by atoms with Gasteiger partial charge >= 0.3 is 0 Å². The molecule has 1 N–H and O–H groups in total. The highest BCUT2D eigenvalue weighted by molar-refractivity contribution is 6.31. The van der Waals surface area contributed by atoms with Gasteiger partial charge in [0.15, 0.2) is 11.5 Å². The third-order valence-corrected chi connectivity index (χ3v) is 4.78. The highest BCUT2D eigenvalue weighted by atomic mass is 35.5. The third kappa shape index (κ3) is 5.41. The Hall–Kier alpha value is -3.38. The van der Waals surface area contributed by atoms with Crippen LogP contribution in [0.5, 0.6) is 11.5 Å². The summed E-state index contributed by atoms with van der Waals surface area (Å²) in [4.78, 5) is 8.94.